The lowest BCUT2D eigenvalue weighted by Crippen LogP contribution is -2.16. The summed E-state index contributed by atoms with van der Waals surface area (Å²) in [4.78, 5) is 0. The van der Waals surface area contributed by atoms with E-state index < -0.39 is 0 Å². The molecule has 3 nitrogen and oxygen atoms in total. The fourth-order valence-corrected chi connectivity index (χ4v) is 2.78. The molecule has 1 atom stereocenters. The van der Waals surface area contributed by atoms with Gasteiger partial charge in [0.2, 0.25) is 0 Å². The first-order valence-corrected chi connectivity index (χ1v) is 7.00. The Bertz CT molecular complexity index is 578. The van der Waals surface area contributed by atoms with Gasteiger partial charge in [-0.1, -0.05) is 48.3 Å². The molecule has 0 aliphatic carbocycles. The number of aromatic nitrogens is 2. The Kier molecular flexibility index (Phi) is 4.50. The molecule has 102 valence electrons. The molecule has 19 heavy (non-hydrogen) atoms. The van der Waals surface area contributed by atoms with Crippen molar-refractivity contribution in [2.24, 2.45) is 12.8 Å². The van der Waals surface area contributed by atoms with Crippen LogP contribution in [0.2, 0.25) is 10.0 Å². The van der Waals surface area contributed by atoms with E-state index in [0.717, 1.165) is 23.4 Å². The van der Waals surface area contributed by atoms with Crippen LogP contribution in [0.1, 0.15) is 29.9 Å². The third kappa shape index (κ3) is 2.94. The van der Waals surface area contributed by atoms with Gasteiger partial charge < -0.3 is 5.73 Å². The minimum atomic E-state index is -0.189. The summed E-state index contributed by atoms with van der Waals surface area (Å²) in [5, 5.41) is 5.79. The van der Waals surface area contributed by atoms with Crippen molar-refractivity contribution in [1.82, 2.24) is 9.78 Å². The third-order valence-corrected chi connectivity index (χ3v) is 4.00. The maximum atomic E-state index is 6.33. The Hall–Kier alpha value is -1.03. The molecule has 2 N–H and O–H groups in total. The third-order valence-electron chi connectivity index (χ3n) is 3.22. The summed E-state index contributed by atoms with van der Waals surface area (Å²) in [5.74, 6) is 0. The first-order chi connectivity index (χ1) is 9.04. The molecule has 0 spiro atoms. The van der Waals surface area contributed by atoms with Crippen LogP contribution < -0.4 is 5.73 Å². The van der Waals surface area contributed by atoms with E-state index in [0.29, 0.717) is 16.5 Å². The Morgan fingerprint density at radius 3 is 2.58 bits per heavy atom. The van der Waals surface area contributed by atoms with Crippen LogP contribution in [0.5, 0.6) is 0 Å². The SMILES string of the molecule is CCc1nn(C)c(CC(N)c2ccccc2Cl)c1Cl. The van der Waals surface area contributed by atoms with Gasteiger partial charge in [0.15, 0.2) is 0 Å². The van der Waals surface area contributed by atoms with Gasteiger partial charge in [0, 0.05) is 24.5 Å². The standard InChI is InChI=1S/C14H17Cl2N3/c1-3-12-14(16)13(19(2)18-12)8-11(17)9-6-4-5-7-10(9)15/h4-7,11H,3,8,17H2,1-2H3. The van der Waals surface area contributed by atoms with Crippen molar-refractivity contribution in [1.29, 1.82) is 0 Å². The van der Waals surface area contributed by atoms with Crippen LogP contribution in [0.25, 0.3) is 0 Å². The number of nitrogens with zero attached hydrogens (tertiary/aromatic N) is 2. The molecule has 2 aromatic rings. The highest BCUT2D eigenvalue weighted by Crippen LogP contribution is 2.28. The lowest BCUT2D eigenvalue weighted by atomic mass is 10.0. The molecule has 0 radical (unpaired) electrons. The van der Waals surface area contributed by atoms with Crippen molar-refractivity contribution in [2.45, 2.75) is 25.8 Å². The van der Waals surface area contributed by atoms with E-state index >= 15 is 0 Å². The minimum absolute atomic E-state index is 0.189. The Morgan fingerprint density at radius 2 is 2.00 bits per heavy atom. The Balaban J connectivity index is 2.27. The monoisotopic (exact) mass is 297 g/mol. The molecule has 0 aliphatic rings. The van der Waals surface area contributed by atoms with Gasteiger partial charge in [0.25, 0.3) is 0 Å². The minimum Gasteiger partial charge on any atom is -0.324 e. The van der Waals surface area contributed by atoms with E-state index in [1.807, 2.05) is 38.2 Å². The van der Waals surface area contributed by atoms with E-state index in [1.165, 1.54) is 0 Å². The number of rotatable bonds is 4. The number of benzene rings is 1. The second-order valence-electron chi connectivity index (χ2n) is 4.52. The predicted octanol–water partition coefficient (Wildman–Crippen LogP) is 3.53. The summed E-state index contributed by atoms with van der Waals surface area (Å²) >= 11 is 12.5. The molecule has 0 aliphatic heterocycles. The molecule has 0 saturated heterocycles. The molecule has 0 bridgehead atoms. The number of hydrogen-bond acceptors (Lipinski definition) is 2. The van der Waals surface area contributed by atoms with Gasteiger partial charge in [-0.25, -0.2) is 0 Å². The van der Waals surface area contributed by atoms with Crippen LogP contribution in [0, 0.1) is 0 Å². The molecule has 0 fully saturated rings. The van der Waals surface area contributed by atoms with E-state index in [4.69, 9.17) is 28.9 Å². The molecule has 2 rings (SSSR count). The molecule has 1 unspecified atom stereocenters. The van der Waals surface area contributed by atoms with E-state index in [-0.39, 0.29) is 6.04 Å². The van der Waals surface area contributed by atoms with E-state index in [9.17, 15) is 0 Å². The zero-order valence-corrected chi connectivity index (χ0v) is 12.5. The summed E-state index contributed by atoms with van der Waals surface area (Å²) in [6, 6.07) is 7.43. The largest absolute Gasteiger partial charge is 0.324 e. The summed E-state index contributed by atoms with van der Waals surface area (Å²) < 4.78 is 1.80. The van der Waals surface area contributed by atoms with Gasteiger partial charge in [0.05, 0.1) is 16.4 Å². The van der Waals surface area contributed by atoms with Crippen LogP contribution in [0.3, 0.4) is 0 Å². The maximum absolute atomic E-state index is 6.33. The smallest absolute Gasteiger partial charge is 0.0850 e. The van der Waals surface area contributed by atoms with Crippen LogP contribution in [-0.2, 0) is 19.9 Å². The van der Waals surface area contributed by atoms with E-state index in [2.05, 4.69) is 5.10 Å². The van der Waals surface area contributed by atoms with Gasteiger partial charge in [-0.15, -0.1) is 0 Å². The highest BCUT2D eigenvalue weighted by Gasteiger charge is 2.18. The summed E-state index contributed by atoms with van der Waals surface area (Å²) in [7, 11) is 1.89. The van der Waals surface area contributed by atoms with Crippen molar-refractivity contribution >= 4 is 23.2 Å². The van der Waals surface area contributed by atoms with Gasteiger partial charge in [-0.3, -0.25) is 4.68 Å². The molecule has 1 aromatic carbocycles. The number of aryl methyl sites for hydroxylation is 2. The van der Waals surface area contributed by atoms with Crippen LogP contribution >= 0.6 is 23.2 Å². The molecule has 0 saturated carbocycles. The average Bonchev–Trinajstić information content (AvgIpc) is 2.66. The van der Waals surface area contributed by atoms with Crippen LogP contribution in [-0.4, -0.2) is 9.78 Å². The summed E-state index contributed by atoms with van der Waals surface area (Å²) in [5.41, 5.74) is 9.02. The maximum Gasteiger partial charge on any atom is 0.0850 e. The number of halogens is 2. The van der Waals surface area contributed by atoms with Crippen molar-refractivity contribution in [3.05, 3.63) is 51.3 Å². The van der Waals surface area contributed by atoms with Crippen molar-refractivity contribution in [3.8, 4) is 0 Å². The Labute approximate surface area is 123 Å². The van der Waals surface area contributed by atoms with Crippen molar-refractivity contribution < 1.29 is 0 Å². The van der Waals surface area contributed by atoms with Gasteiger partial charge >= 0.3 is 0 Å². The highest BCUT2D eigenvalue weighted by atomic mass is 35.5. The lowest BCUT2D eigenvalue weighted by Gasteiger charge is -2.14. The molecule has 5 heteroatoms. The molecular formula is C14H17Cl2N3. The fourth-order valence-electron chi connectivity index (χ4n) is 2.14. The van der Waals surface area contributed by atoms with Gasteiger partial charge in [-0.2, -0.15) is 5.10 Å². The van der Waals surface area contributed by atoms with Crippen LogP contribution in [0.4, 0.5) is 0 Å². The first-order valence-electron chi connectivity index (χ1n) is 6.24. The lowest BCUT2D eigenvalue weighted by molar-refractivity contribution is 0.638. The van der Waals surface area contributed by atoms with Crippen molar-refractivity contribution in [3.63, 3.8) is 0 Å². The fraction of sp³-hybridized carbons (Fsp3) is 0.357. The van der Waals surface area contributed by atoms with Gasteiger partial charge in [-0.05, 0) is 18.1 Å². The quantitative estimate of drug-likeness (QED) is 0.938. The average molecular weight is 298 g/mol. The second kappa shape index (κ2) is 5.95. The molecule has 0 amide bonds. The summed E-state index contributed by atoms with van der Waals surface area (Å²) in [6.07, 6.45) is 1.43. The van der Waals surface area contributed by atoms with Crippen LogP contribution in [0.15, 0.2) is 24.3 Å². The summed E-state index contributed by atoms with van der Waals surface area (Å²) in [6.45, 7) is 2.03. The number of hydrogen-bond donors (Lipinski definition) is 1. The predicted molar refractivity (Wildman–Crippen MR) is 79.7 cm³/mol. The zero-order valence-electron chi connectivity index (χ0n) is 11.0. The Morgan fingerprint density at radius 1 is 1.32 bits per heavy atom. The number of nitrogens with two attached hydrogens (primary N) is 1. The molecular weight excluding hydrogens is 281 g/mol. The normalized spacial score (nSPS) is 12.7. The van der Waals surface area contributed by atoms with Crippen molar-refractivity contribution in [2.75, 3.05) is 0 Å². The highest BCUT2D eigenvalue weighted by molar-refractivity contribution is 6.32. The topological polar surface area (TPSA) is 43.8 Å². The molecule has 1 aromatic heterocycles. The molecule has 1 heterocycles. The van der Waals surface area contributed by atoms with E-state index in [1.54, 1.807) is 4.68 Å². The second-order valence-corrected chi connectivity index (χ2v) is 5.30. The zero-order chi connectivity index (χ0) is 14.0. The first kappa shape index (κ1) is 14.4. The van der Waals surface area contributed by atoms with Gasteiger partial charge in [0.1, 0.15) is 0 Å².